The SMILES string of the molecule is COc1ccc(F)cc1NCc1ccc(-c2nn(C3CCOCC3)c(N)c2C(N)=O)cc1F. The number of benzene rings is 2. The summed E-state index contributed by atoms with van der Waals surface area (Å²) < 4.78 is 40.7. The monoisotopic (exact) mass is 457 g/mol. The standard InChI is InChI=1S/C23H25F2N5O3/c1-32-19-5-4-15(24)11-18(19)28-12-14-3-2-13(10-17(14)25)21-20(23(27)31)22(26)30(29-21)16-6-8-33-9-7-16/h2-5,10-11,16,28H,6-9,12,26H2,1H3,(H2,27,31). The molecule has 1 aliphatic rings. The van der Waals surface area contributed by atoms with Crippen LogP contribution in [0.3, 0.4) is 0 Å². The van der Waals surface area contributed by atoms with E-state index in [2.05, 4.69) is 10.4 Å². The van der Waals surface area contributed by atoms with E-state index < -0.39 is 17.5 Å². The maximum Gasteiger partial charge on any atom is 0.254 e. The van der Waals surface area contributed by atoms with E-state index in [0.29, 0.717) is 48.6 Å². The topological polar surface area (TPSA) is 117 Å². The Bertz CT molecular complexity index is 1180. The number of carbonyl (C=O) groups excluding carboxylic acids is 1. The number of nitrogens with one attached hydrogen (secondary N) is 1. The summed E-state index contributed by atoms with van der Waals surface area (Å²) in [6.45, 7) is 1.22. The third-order valence-corrected chi connectivity index (χ3v) is 5.69. The molecule has 3 aromatic rings. The van der Waals surface area contributed by atoms with Crippen molar-refractivity contribution in [3.8, 4) is 17.0 Å². The van der Waals surface area contributed by atoms with Crippen molar-refractivity contribution in [1.82, 2.24) is 9.78 Å². The van der Waals surface area contributed by atoms with E-state index in [-0.39, 0.29) is 29.7 Å². The van der Waals surface area contributed by atoms with Crippen molar-refractivity contribution in [2.24, 2.45) is 5.73 Å². The van der Waals surface area contributed by atoms with Crippen LogP contribution >= 0.6 is 0 Å². The third-order valence-electron chi connectivity index (χ3n) is 5.69. The van der Waals surface area contributed by atoms with Crippen LogP contribution in [0, 0.1) is 11.6 Å². The first-order valence-electron chi connectivity index (χ1n) is 10.5. The quantitative estimate of drug-likeness (QED) is 0.500. The Hall–Kier alpha value is -3.66. The number of nitrogens with two attached hydrogens (primary N) is 2. The molecule has 0 saturated carbocycles. The Kier molecular flexibility index (Phi) is 6.45. The Labute approximate surface area is 189 Å². The summed E-state index contributed by atoms with van der Waals surface area (Å²) in [5.74, 6) is -1.09. The predicted molar refractivity (Wildman–Crippen MR) is 120 cm³/mol. The molecule has 5 N–H and O–H groups in total. The van der Waals surface area contributed by atoms with Gasteiger partial charge in [0.1, 0.15) is 34.5 Å². The van der Waals surface area contributed by atoms with E-state index in [4.69, 9.17) is 20.9 Å². The lowest BCUT2D eigenvalue weighted by molar-refractivity contribution is 0.0669. The summed E-state index contributed by atoms with van der Waals surface area (Å²) in [4.78, 5) is 12.1. The van der Waals surface area contributed by atoms with Crippen LogP contribution in [0.5, 0.6) is 5.75 Å². The van der Waals surface area contributed by atoms with Gasteiger partial charge in [-0.3, -0.25) is 4.79 Å². The summed E-state index contributed by atoms with van der Waals surface area (Å²) in [5, 5.41) is 7.49. The summed E-state index contributed by atoms with van der Waals surface area (Å²) in [5.41, 5.74) is 13.2. The predicted octanol–water partition coefficient (Wildman–Crippen LogP) is 3.48. The van der Waals surface area contributed by atoms with Crippen LogP contribution in [0.15, 0.2) is 36.4 Å². The fourth-order valence-corrected chi connectivity index (χ4v) is 3.95. The highest BCUT2D eigenvalue weighted by atomic mass is 19.1. The molecule has 1 aromatic heterocycles. The molecule has 1 aliphatic heterocycles. The summed E-state index contributed by atoms with van der Waals surface area (Å²) in [6.07, 6.45) is 1.40. The summed E-state index contributed by atoms with van der Waals surface area (Å²) in [6, 6.07) is 8.50. The van der Waals surface area contributed by atoms with E-state index in [1.807, 2.05) is 0 Å². The number of hydrogen-bond donors (Lipinski definition) is 3. The molecule has 1 amide bonds. The molecular formula is C23H25F2N5O3. The Balaban J connectivity index is 1.61. The van der Waals surface area contributed by atoms with E-state index in [0.717, 1.165) is 0 Å². The van der Waals surface area contributed by atoms with Gasteiger partial charge in [0.2, 0.25) is 0 Å². The van der Waals surface area contributed by atoms with Gasteiger partial charge in [-0.1, -0.05) is 12.1 Å². The molecular weight excluding hydrogens is 432 g/mol. The van der Waals surface area contributed by atoms with Gasteiger partial charge in [0.25, 0.3) is 5.91 Å². The van der Waals surface area contributed by atoms with Gasteiger partial charge in [0.15, 0.2) is 0 Å². The number of amides is 1. The fourth-order valence-electron chi connectivity index (χ4n) is 3.95. The van der Waals surface area contributed by atoms with Gasteiger partial charge in [-0.05, 0) is 31.0 Å². The van der Waals surface area contributed by atoms with Gasteiger partial charge in [-0.15, -0.1) is 0 Å². The van der Waals surface area contributed by atoms with E-state index in [9.17, 15) is 13.6 Å². The van der Waals surface area contributed by atoms with Gasteiger partial charge in [0, 0.05) is 37.0 Å². The molecule has 0 aliphatic carbocycles. The number of ether oxygens (including phenoxy) is 2. The molecule has 4 rings (SSSR count). The summed E-state index contributed by atoms with van der Waals surface area (Å²) in [7, 11) is 1.47. The van der Waals surface area contributed by atoms with Gasteiger partial charge in [-0.2, -0.15) is 5.10 Å². The third kappa shape index (κ3) is 4.61. The first-order valence-corrected chi connectivity index (χ1v) is 10.5. The van der Waals surface area contributed by atoms with Crippen molar-refractivity contribution in [2.45, 2.75) is 25.4 Å². The molecule has 2 aromatic carbocycles. The van der Waals surface area contributed by atoms with Gasteiger partial charge in [-0.25, -0.2) is 13.5 Å². The Morgan fingerprint density at radius 1 is 1.24 bits per heavy atom. The van der Waals surface area contributed by atoms with Crippen LogP contribution in [0.2, 0.25) is 0 Å². The molecule has 0 bridgehead atoms. The van der Waals surface area contributed by atoms with E-state index in [1.54, 1.807) is 16.8 Å². The Morgan fingerprint density at radius 2 is 2.00 bits per heavy atom. The second kappa shape index (κ2) is 9.45. The van der Waals surface area contributed by atoms with Crippen LogP contribution in [-0.2, 0) is 11.3 Å². The minimum Gasteiger partial charge on any atom is -0.495 e. The number of carbonyl (C=O) groups is 1. The van der Waals surface area contributed by atoms with Gasteiger partial charge < -0.3 is 26.3 Å². The number of rotatable bonds is 7. The van der Waals surface area contributed by atoms with Gasteiger partial charge >= 0.3 is 0 Å². The smallest absolute Gasteiger partial charge is 0.254 e. The zero-order valence-corrected chi connectivity index (χ0v) is 18.1. The molecule has 33 heavy (non-hydrogen) atoms. The number of halogens is 2. The van der Waals surface area contributed by atoms with Crippen molar-refractivity contribution >= 4 is 17.4 Å². The van der Waals surface area contributed by atoms with Crippen molar-refractivity contribution < 1.29 is 23.0 Å². The largest absolute Gasteiger partial charge is 0.495 e. The van der Waals surface area contributed by atoms with Crippen LogP contribution in [0.25, 0.3) is 11.3 Å². The maximum absolute atomic E-state index is 15.0. The lowest BCUT2D eigenvalue weighted by atomic mass is 10.0. The minimum atomic E-state index is -0.731. The average molecular weight is 457 g/mol. The molecule has 0 spiro atoms. The molecule has 10 heteroatoms. The Morgan fingerprint density at radius 3 is 2.67 bits per heavy atom. The van der Waals surface area contributed by atoms with Crippen molar-refractivity contribution in [1.29, 1.82) is 0 Å². The lowest BCUT2D eigenvalue weighted by Crippen LogP contribution is -2.22. The number of methoxy groups -OCH3 is 1. The zero-order valence-electron chi connectivity index (χ0n) is 18.1. The molecule has 2 heterocycles. The van der Waals surface area contributed by atoms with Crippen LogP contribution in [-0.4, -0.2) is 36.0 Å². The minimum absolute atomic E-state index is 0.0276. The molecule has 8 nitrogen and oxygen atoms in total. The lowest BCUT2D eigenvalue weighted by Gasteiger charge is -2.23. The van der Waals surface area contributed by atoms with Crippen molar-refractivity contribution in [3.05, 3.63) is 59.2 Å². The molecule has 0 unspecified atom stereocenters. The molecule has 1 saturated heterocycles. The normalized spacial score (nSPS) is 14.3. The first-order chi connectivity index (χ1) is 15.9. The number of aromatic nitrogens is 2. The number of anilines is 2. The van der Waals surface area contributed by atoms with E-state index >= 15 is 0 Å². The fraction of sp³-hybridized carbons (Fsp3) is 0.304. The van der Waals surface area contributed by atoms with Gasteiger partial charge in [0.05, 0.1) is 18.8 Å². The van der Waals surface area contributed by atoms with Crippen LogP contribution in [0.1, 0.15) is 34.8 Å². The number of primary amides is 1. The zero-order chi connectivity index (χ0) is 23.5. The number of nitrogens with zero attached hydrogens (tertiary/aromatic N) is 2. The van der Waals surface area contributed by atoms with Crippen molar-refractivity contribution in [3.63, 3.8) is 0 Å². The van der Waals surface area contributed by atoms with Crippen molar-refractivity contribution in [2.75, 3.05) is 31.4 Å². The highest BCUT2D eigenvalue weighted by molar-refractivity contribution is 6.03. The van der Waals surface area contributed by atoms with E-state index in [1.165, 1.54) is 31.4 Å². The highest BCUT2D eigenvalue weighted by Gasteiger charge is 2.27. The molecule has 0 radical (unpaired) electrons. The highest BCUT2D eigenvalue weighted by Crippen LogP contribution is 2.33. The maximum atomic E-state index is 15.0. The molecule has 0 atom stereocenters. The number of hydrogen-bond acceptors (Lipinski definition) is 6. The molecule has 174 valence electrons. The average Bonchev–Trinajstić information content (AvgIpc) is 3.16. The molecule has 1 fully saturated rings. The number of nitrogen functional groups attached to an aromatic ring is 1. The summed E-state index contributed by atoms with van der Waals surface area (Å²) >= 11 is 0. The second-order valence-electron chi connectivity index (χ2n) is 7.77. The second-order valence-corrected chi connectivity index (χ2v) is 7.77. The van der Waals surface area contributed by atoms with Crippen LogP contribution < -0.4 is 21.5 Å². The first kappa shape index (κ1) is 22.5. The van der Waals surface area contributed by atoms with Crippen LogP contribution in [0.4, 0.5) is 20.3 Å².